The number of methoxy groups -OCH3 is 1. The molecule has 0 aliphatic carbocycles. The molecule has 96 valence electrons. The highest BCUT2D eigenvalue weighted by Crippen LogP contribution is 1.95. The zero-order valence-corrected chi connectivity index (χ0v) is 10.2. The summed E-state index contributed by atoms with van der Waals surface area (Å²) in [7, 11) is -1.78. The molecule has 0 unspecified atom stereocenters. The van der Waals surface area contributed by atoms with Crippen molar-refractivity contribution in [3.8, 4) is 0 Å². The van der Waals surface area contributed by atoms with E-state index in [-0.39, 0.29) is 18.2 Å². The molecule has 0 amide bonds. The van der Waals surface area contributed by atoms with Gasteiger partial charge in [-0.15, -0.1) is 0 Å². The van der Waals surface area contributed by atoms with E-state index in [0.717, 1.165) is 0 Å². The predicted molar refractivity (Wildman–Crippen MR) is 60.9 cm³/mol. The molecular weight excluding hydrogens is 234 g/mol. The summed E-state index contributed by atoms with van der Waals surface area (Å²) >= 11 is 0. The van der Waals surface area contributed by atoms with Crippen LogP contribution in [0.15, 0.2) is 5.16 Å². The third-order valence-electron chi connectivity index (χ3n) is 1.87. The first-order valence-corrected chi connectivity index (χ1v) is 6.59. The molecular formula is C8H19N3O4S. The zero-order valence-electron chi connectivity index (χ0n) is 9.35. The van der Waals surface area contributed by atoms with Gasteiger partial charge in [0.2, 0.25) is 10.0 Å². The molecule has 0 fully saturated rings. The maximum atomic E-state index is 11.3. The first-order chi connectivity index (χ1) is 7.52. The molecule has 8 heteroatoms. The van der Waals surface area contributed by atoms with Crippen molar-refractivity contribution in [2.75, 3.05) is 26.0 Å². The molecule has 0 spiro atoms. The molecule has 0 radical (unpaired) electrons. The van der Waals surface area contributed by atoms with Crippen LogP contribution in [0, 0.1) is 0 Å². The number of ether oxygens (including phenoxy) is 1. The van der Waals surface area contributed by atoms with Gasteiger partial charge in [-0.1, -0.05) is 5.16 Å². The van der Waals surface area contributed by atoms with E-state index in [1.807, 2.05) is 0 Å². The van der Waals surface area contributed by atoms with Crippen LogP contribution in [0.3, 0.4) is 0 Å². The molecule has 0 saturated carbocycles. The Balaban J connectivity index is 3.58. The lowest BCUT2D eigenvalue weighted by Crippen LogP contribution is -2.29. The fourth-order valence-corrected chi connectivity index (χ4v) is 1.96. The van der Waals surface area contributed by atoms with Gasteiger partial charge in [0.25, 0.3) is 0 Å². The third-order valence-corrected chi connectivity index (χ3v) is 3.21. The summed E-state index contributed by atoms with van der Waals surface area (Å²) in [4.78, 5) is 0. The van der Waals surface area contributed by atoms with Crippen molar-refractivity contribution in [1.29, 1.82) is 0 Å². The normalized spacial score (nSPS) is 12.9. The summed E-state index contributed by atoms with van der Waals surface area (Å²) in [5, 5.41) is 11.1. The van der Waals surface area contributed by atoms with Crippen molar-refractivity contribution in [3.05, 3.63) is 0 Å². The second kappa shape index (κ2) is 8.31. The largest absolute Gasteiger partial charge is 0.409 e. The molecule has 0 aromatic carbocycles. The third kappa shape index (κ3) is 8.45. The number of amidine groups is 1. The standard InChI is InChI=1S/C8H19N3O4S/c1-15-6-7-16(13,14)10-5-3-2-4-8(9)11-12/h10,12H,2-7H2,1H3,(H2,9,11). The van der Waals surface area contributed by atoms with Crippen LogP contribution in [0.4, 0.5) is 0 Å². The van der Waals surface area contributed by atoms with Gasteiger partial charge in [0.1, 0.15) is 5.84 Å². The molecule has 0 aromatic heterocycles. The quantitative estimate of drug-likeness (QED) is 0.168. The Kier molecular flexibility index (Phi) is 7.86. The van der Waals surface area contributed by atoms with Crippen molar-refractivity contribution in [2.24, 2.45) is 10.9 Å². The van der Waals surface area contributed by atoms with Crippen molar-refractivity contribution in [1.82, 2.24) is 4.72 Å². The Morgan fingerprint density at radius 1 is 1.50 bits per heavy atom. The number of nitrogens with zero attached hydrogens (tertiary/aromatic N) is 1. The van der Waals surface area contributed by atoms with E-state index in [1.54, 1.807) is 0 Å². The van der Waals surface area contributed by atoms with Gasteiger partial charge in [-0.3, -0.25) is 0 Å². The van der Waals surface area contributed by atoms with Gasteiger partial charge in [-0.05, 0) is 12.8 Å². The number of nitrogens with two attached hydrogens (primary N) is 1. The number of unbranched alkanes of at least 4 members (excludes halogenated alkanes) is 1. The van der Waals surface area contributed by atoms with Crippen molar-refractivity contribution in [2.45, 2.75) is 19.3 Å². The van der Waals surface area contributed by atoms with Crippen LogP contribution in [0.25, 0.3) is 0 Å². The van der Waals surface area contributed by atoms with Crippen LogP contribution in [-0.4, -0.2) is 45.5 Å². The summed E-state index contributed by atoms with van der Waals surface area (Å²) in [6.45, 7) is 0.532. The highest BCUT2D eigenvalue weighted by molar-refractivity contribution is 7.89. The van der Waals surface area contributed by atoms with E-state index < -0.39 is 10.0 Å². The van der Waals surface area contributed by atoms with Gasteiger partial charge in [0.15, 0.2) is 0 Å². The zero-order chi connectivity index (χ0) is 12.4. The molecule has 4 N–H and O–H groups in total. The Morgan fingerprint density at radius 3 is 2.75 bits per heavy atom. The second-order valence-electron chi connectivity index (χ2n) is 3.25. The van der Waals surface area contributed by atoms with Crippen LogP contribution in [0.1, 0.15) is 19.3 Å². The topological polar surface area (TPSA) is 114 Å². The summed E-state index contributed by atoms with van der Waals surface area (Å²) in [5.74, 6) is 0.117. The second-order valence-corrected chi connectivity index (χ2v) is 5.18. The molecule has 0 heterocycles. The van der Waals surface area contributed by atoms with E-state index >= 15 is 0 Å². The van der Waals surface area contributed by atoms with E-state index in [4.69, 9.17) is 10.9 Å². The van der Waals surface area contributed by atoms with Crippen LogP contribution in [-0.2, 0) is 14.8 Å². The van der Waals surface area contributed by atoms with Crippen molar-refractivity contribution in [3.63, 3.8) is 0 Å². The Bertz CT molecular complexity index is 302. The highest BCUT2D eigenvalue weighted by Gasteiger charge is 2.08. The summed E-state index contributed by atoms with van der Waals surface area (Å²) < 4.78 is 29.6. The van der Waals surface area contributed by atoms with Crippen LogP contribution in [0.5, 0.6) is 0 Å². The van der Waals surface area contributed by atoms with Gasteiger partial charge in [0.05, 0.1) is 12.4 Å². The van der Waals surface area contributed by atoms with E-state index in [0.29, 0.717) is 25.8 Å². The lowest BCUT2D eigenvalue weighted by atomic mass is 10.2. The fraction of sp³-hybridized carbons (Fsp3) is 0.875. The number of rotatable bonds is 9. The van der Waals surface area contributed by atoms with Gasteiger partial charge in [-0.25, -0.2) is 13.1 Å². The molecule has 0 aromatic rings. The molecule has 0 bridgehead atoms. The van der Waals surface area contributed by atoms with Gasteiger partial charge in [0, 0.05) is 20.1 Å². The van der Waals surface area contributed by atoms with Gasteiger partial charge >= 0.3 is 0 Å². The summed E-state index contributed by atoms with van der Waals surface area (Å²) in [6.07, 6.45) is 1.77. The molecule has 0 rings (SSSR count). The smallest absolute Gasteiger partial charge is 0.213 e. The first-order valence-electron chi connectivity index (χ1n) is 4.94. The van der Waals surface area contributed by atoms with Crippen LogP contribution < -0.4 is 10.5 Å². The molecule has 0 aliphatic heterocycles. The Hall–Kier alpha value is -0.860. The molecule has 7 nitrogen and oxygen atoms in total. The van der Waals surface area contributed by atoms with E-state index in [9.17, 15) is 8.42 Å². The average Bonchev–Trinajstić information content (AvgIpc) is 2.25. The lowest BCUT2D eigenvalue weighted by Gasteiger charge is -2.05. The molecule has 16 heavy (non-hydrogen) atoms. The van der Waals surface area contributed by atoms with Crippen molar-refractivity contribution >= 4 is 15.9 Å². The number of oxime groups is 1. The van der Waals surface area contributed by atoms with Crippen LogP contribution >= 0.6 is 0 Å². The van der Waals surface area contributed by atoms with Gasteiger partial charge in [-0.2, -0.15) is 0 Å². The Labute approximate surface area is 95.7 Å². The molecule has 0 atom stereocenters. The molecule has 0 saturated heterocycles. The average molecular weight is 253 g/mol. The maximum absolute atomic E-state index is 11.3. The monoisotopic (exact) mass is 253 g/mol. The van der Waals surface area contributed by atoms with Crippen molar-refractivity contribution < 1.29 is 18.4 Å². The number of hydrogen-bond acceptors (Lipinski definition) is 5. The SMILES string of the molecule is COCCS(=O)(=O)NCCCCC(N)=NO. The maximum Gasteiger partial charge on any atom is 0.213 e. The van der Waals surface area contributed by atoms with Crippen LogP contribution in [0.2, 0.25) is 0 Å². The minimum Gasteiger partial charge on any atom is -0.409 e. The lowest BCUT2D eigenvalue weighted by molar-refractivity contribution is 0.217. The van der Waals surface area contributed by atoms with E-state index in [1.165, 1.54) is 7.11 Å². The highest BCUT2D eigenvalue weighted by atomic mass is 32.2. The molecule has 0 aliphatic rings. The Morgan fingerprint density at radius 2 is 2.19 bits per heavy atom. The first kappa shape index (κ1) is 15.1. The fourth-order valence-electron chi connectivity index (χ4n) is 0.974. The number of nitrogens with one attached hydrogen (secondary N) is 1. The van der Waals surface area contributed by atoms with Gasteiger partial charge < -0.3 is 15.7 Å². The summed E-state index contributed by atoms with van der Waals surface area (Å²) in [5.41, 5.74) is 5.25. The number of sulfonamides is 1. The minimum atomic E-state index is -3.24. The van der Waals surface area contributed by atoms with E-state index in [2.05, 4.69) is 14.6 Å². The summed E-state index contributed by atoms with van der Waals surface area (Å²) in [6, 6.07) is 0. The number of hydrogen-bond donors (Lipinski definition) is 3. The predicted octanol–water partition coefficient (Wildman–Crippen LogP) is -0.531. The minimum absolute atomic E-state index is 0.0380.